The Labute approximate surface area is 187 Å². The molecule has 0 aliphatic heterocycles. The van der Waals surface area contributed by atoms with Crippen molar-refractivity contribution in [2.75, 3.05) is 7.11 Å². The fourth-order valence-corrected chi connectivity index (χ4v) is 3.50. The van der Waals surface area contributed by atoms with Gasteiger partial charge in [0.25, 0.3) is 0 Å². The third kappa shape index (κ3) is 6.62. The Morgan fingerprint density at radius 2 is 1.94 bits per heavy atom. The van der Waals surface area contributed by atoms with Crippen LogP contribution in [0.4, 0.5) is 4.39 Å². The number of hydrogen-bond acceptors (Lipinski definition) is 7. The van der Waals surface area contributed by atoms with Gasteiger partial charge in [0, 0.05) is 23.2 Å². The lowest BCUT2D eigenvalue weighted by molar-refractivity contribution is -0.158. The first-order chi connectivity index (χ1) is 14.6. The number of aromatic hydroxyl groups is 1. The number of benzene rings is 1. The molecule has 0 aliphatic rings. The van der Waals surface area contributed by atoms with Gasteiger partial charge in [0.2, 0.25) is 0 Å². The van der Waals surface area contributed by atoms with Crippen molar-refractivity contribution in [1.82, 2.24) is 4.98 Å². The molecule has 0 spiro atoms. The number of aromatic nitrogens is 1. The summed E-state index contributed by atoms with van der Waals surface area (Å²) in [6, 6.07) is 7.36. The van der Waals surface area contributed by atoms with E-state index in [1.165, 1.54) is 31.5 Å². The standard InChI is InChI=1S/C23H28FNO5S/c1-13(2)22(30-17-8-6-7-16(24)12-17)15(4)29-23(27)14(3)11-19(31)20-21(26)18(28-5)9-10-25-20/h6-10,12-15,22,26H,11H2,1-5H3/t14-,15+,22-/m1/s1. The van der Waals surface area contributed by atoms with E-state index in [1.807, 2.05) is 13.8 Å². The molecule has 6 nitrogen and oxygen atoms in total. The summed E-state index contributed by atoms with van der Waals surface area (Å²) < 4.78 is 30.0. The second kappa shape index (κ2) is 11.0. The minimum Gasteiger partial charge on any atom is -0.503 e. The molecular weight excluding hydrogens is 421 g/mol. The van der Waals surface area contributed by atoms with Crippen molar-refractivity contribution in [2.45, 2.75) is 46.3 Å². The molecule has 0 aliphatic carbocycles. The lowest BCUT2D eigenvalue weighted by atomic mass is 10.0. The number of thiocarbonyl (C=S) groups is 1. The van der Waals surface area contributed by atoms with Gasteiger partial charge in [-0.2, -0.15) is 0 Å². The van der Waals surface area contributed by atoms with Gasteiger partial charge < -0.3 is 19.3 Å². The van der Waals surface area contributed by atoms with E-state index in [2.05, 4.69) is 4.98 Å². The third-order valence-electron chi connectivity index (χ3n) is 4.76. The smallest absolute Gasteiger partial charge is 0.309 e. The van der Waals surface area contributed by atoms with E-state index in [4.69, 9.17) is 26.4 Å². The third-order valence-corrected chi connectivity index (χ3v) is 5.12. The summed E-state index contributed by atoms with van der Waals surface area (Å²) in [4.78, 5) is 17.1. The number of esters is 1. The quantitative estimate of drug-likeness (QED) is 0.320. The number of carbonyl (C=O) groups is 1. The predicted molar refractivity (Wildman–Crippen MR) is 119 cm³/mol. The number of hydrogen-bond donors (Lipinski definition) is 1. The van der Waals surface area contributed by atoms with Crippen molar-refractivity contribution >= 4 is 23.1 Å². The largest absolute Gasteiger partial charge is 0.503 e. The maximum atomic E-state index is 13.5. The van der Waals surface area contributed by atoms with Crippen LogP contribution in [0.2, 0.25) is 0 Å². The Kier molecular flexibility index (Phi) is 8.74. The molecule has 31 heavy (non-hydrogen) atoms. The van der Waals surface area contributed by atoms with E-state index in [1.54, 1.807) is 26.0 Å². The summed E-state index contributed by atoms with van der Waals surface area (Å²) in [5.41, 5.74) is 0.205. The van der Waals surface area contributed by atoms with Crippen LogP contribution in [-0.2, 0) is 9.53 Å². The highest BCUT2D eigenvalue weighted by Gasteiger charge is 2.29. The van der Waals surface area contributed by atoms with E-state index in [0.29, 0.717) is 10.6 Å². The zero-order valence-corrected chi connectivity index (χ0v) is 19.1. The Balaban J connectivity index is 2.02. The lowest BCUT2D eigenvalue weighted by Gasteiger charge is -2.29. The van der Waals surface area contributed by atoms with Crippen LogP contribution in [0.3, 0.4) is 0 Å². The van der Waals surface area contributed by atoms with Crippen LogP contribution >= 0.6 is 12.2 Å². The first-order valence-corrected chi connectivity index (χ1v) is 10.4. The lowest BCUT2D eigenvalue weighted by Crippen LogP contribution is -2.38. The SMILES string of the molecule is COc1ccnc(C(=S)C[C@@H](C)C(=O)O[C@@H](C)[C@H](Oc2cccc(F)c2)C(C)C)c1O. The maximum absolute atomic E-state index is 13.5. The van der Waals surface area contributed by atoms with Gasteiger partial charge in [-0.05, 0) is 31.4 Å². The number of nitrogens with zero attached hydrogens (tertiary/aromatic N) is 1. The highest BCUT2D eigenvalue weighted by molar-refractivity contribution is 7.80. The van der Waals surface area contributed by atoms with Gasteiger partial charge in [-0.3, -0.25) is 9.78 Å². The molecule has 0 bridgehead atoms. The molecule has 1 heterocycles. The highest BCUT2D eigenvalue weighted by atomic mass is 32.1. The molecule has 1 N–H and O–H groups in total. The van der Waals surface area contributed by atoms with Crippen molar-refractivity contribution in [3.63, 3.8) is 0 Å². The van der Waals surface area contributed by atoms with Gasteiger partial charge in [0.05, 0.1) is 13.0 Å². The van der Waals surface area contributed by atoms with Crippen molar-refractivity contribution < 1.29 is 28.5 Å². The van der Waals surface area contributed by atoms with Crippen LogP contribution in [-0.4, -0.2) is 40.2 Å². The number of pyridine rings is 1. The number of halogens is 1. The van der Waals surface area contributed by atoms with E-state index >= 15 is 0 Å². The summed E-state index contributed by atoms with van der Waals surface area (Å²) in [5.74, 6) is -0.940. The Hall–Kier alpha value is -2.74. The van der Waals surface area contributed by atoms with Crippen LogP contribution < -0.4 is 9.47 Å². The molecule has 1 aromatic heterocycles. The van der Waals surface area contributed by atoms with E-state index in [0.717, 1.165) is 0 Å². The van der Waals surface area contributed by atoms with Gasteiger partial charge in [0.15, 0.2) is 11.5 Å². The summed E-state index contributed by atoms with van der Waals surface area (Å²) in [5, 5.41) is 10.2. The predicted octanol–water partition coefficient (Wildman–Crippen LogP) is 4.71. The van der Waals surface area contributed by atoms with E-state index < -0.39 is 29.9 Å². The summed E-state index contributed by atoms with van der Waals surface area (Å²) in [6.07, 6.45) is 0.609. The first-order valence-electron chi connectivity index (χ1n) is 10.0. The highest BCUT2D eigenvalue weighted by Crippen LogP contribution is 2.30. The van der Waals surface area contributed by atoms with Crippen LogP contribution in [0, 0.1) is 17.7 Å². The topological polar surface area (TPSA) is 77.9 Å². The Morgan fingerprint density at radius 1 is 1.23 bits per heavy atom. The summed E-state index contributed by atoms with van der Waals surface area (Å²) in [6.45, 7) is 7.30. The van der Waals surface area contributed by atoms with Crippen molar-refractivity contribution in [1.29, 1.82) is 0 Å². The molecule has 3 atom stereocenters. The van der Waals surface area contributed by atoms with E-state index in [-0.39, 0.29) is 29.5 Å². The molecule has 0 radical (unpaired) electrons. The number of ether oxygens (including phenoxy) is 3. The Morgan fingerprint density at radius 3 is 2.55 bits per heavy atom. The average Bonchev–Trinajstić information content (AvgIpc) is 2.71. The summed E-state index contributed by atoms with van der Waals surface area (Å²) in [7, 11) is 1.43. The molecule has 8 heteroatoms. The maximum Gasteiger partial charge on any atom is 0.309 e. The fourth-order valence-electron chi connectivity index (χ4n) is 3.10. The molecule has 168 valence electrons. The first kappa shape index (κ1) is 24.5. The molecule has 0 fully saturated rings. The molecule has 2 rings (SSSR count). The Bertz CT molecular complexity index is 921. The van der Waals surface area contributed by atoms with Gasteiger partial charge in [0.1, 0.15) is 29.5 Å². The molecule has 0 saturated heterocycles. The van der Waals surface area contributed by atoms with E-state index in [9.17, 15) is 14.3 Å². The molecular formula is C23H28FNO5S. The normalized spacial score (nSPS) is 13.9. The van der Waals surface area contributed by atoms with Crippen molar-refractivity contribution in [3.05, 3.63) is 48.0 Å². The number of rotatable bonds is 10. The number of carbonyl (C=O) groups excluding carboxylic acids is 1. The second-order valence-electron chi connectivity index (χ2n) is 7.66. The van der Waals surface area contributed by atoms with Gasteiger partial charge in [-0.1, -0.05) is 39.1 Å². The van der Waals surface area contributed by atoms with Gasteiger partial charge >= 0.3 is 5.97 Å². The van der Waals surface area contributed by atoms with Crippen molar-refractivity contribution in [3.8, 4) is 17.2 Å². The zero-order chi connectivity index (χ0) is 23.1. The zero-order valence-electron chi connectivity index (χ0n) is 18.3. The van der Waals surface area contributed by atoms with Gasteiger partial charge in [-0.15, -0.1) is 0 Å². The molecule has 2 aromatic rings. The van der Waals surface area contributed by atoms with Crippen LogP contribution in [0.1, 0.15) is 39.8 Å². The molecule has 0 unspecified atom stereocenters. The van der Waals surface area contributed by atoms with Crippen molar-refractivity contribution in [2.24, 2.45) is 11.8 Å². The van der Waals surface area contributed by atoms with Crippen LogP contribution in [0.25, 0.3) is 0 Å². The molecule has 1 aromatic carbocycles. The molecule has 0 amide bonds. The average molecular weight is 450 g/mol. The fraction of sp³-hybridized carbons (Fsp3) is 0.435. The summed E-state index contributed by atoms with van der Waals surface area (Å²) >= 11 is 5.37. The minimum atomic E-state index is -0.574. The van der Waals surface area contributed by atoms with Crippen LogP contribution in [0.5, 0.6) is 17.2 Å². The molecule has 0 saturated carbocycles. The minimum absolute atomic E-state index is 0.0142. The second-order valence-corrected chi connectivity index (χ2v) is 8.16. The number of methoxy groups -OCH3 is 1. The van der Waals surface area contributed by atoms with Crippen LogP contribution in [0.15, 0.2) is 36.5 Å². The monoisotopic (exact) mass is 449 g/mol. The van der Waals surface area contributed by atoms with Gasteiger partial charge in [-0.25, -0.2) is 4.39 Å².